The summed E-state index contributed by atoms with van der Waals surface area (Å²) >= 11 is 3.31. The zero-order valence-corrected chi connectivity index (χ0v) is 13.8. The second kappa shape index (κ2) is 8.01. The molecule has 0 fully saturated rings. The number of hydrogen-bond donors (Lipinski definition) is 1. The zero-order valence-electron chi connectivity index (χ0n) is 12.2. The molecule has 0 amide bonds. The summed E-state index contributed by atoms with van der Waals surface area (Å²) in [4.78, 5) is 0. The number of rotatable bonds is 8. The summed E-state index contributed by atoms with van der Waals surface area (Å²) in [6.07, 6.45) is 4.16. The highest BCUT2D eigenvalue weighted by Crippen LogP contribution is 2.29. The van der Waals surface area contributed by atoms with Gasteiger partial charge in [-0.3, -0.25) is 0 Å². The summed E-state index contributed by atoms with van der Waals surface area (Å²) in [5.41, 5.74) is 0.941. The Kier molecular flexibility index (Phi) is 7.01. The van der Waals surface area contributed by atoms with Crippen molar-refractivity contribution < 1.29 is 4.39 Å². The molecule has 0 saturated carbocycles. The van der Waals surface area contributed by atoms with Gasteiger partial charge in [-0.1, -0.05) is 49.2 Å². The van der Waals surface area contributed by atoms with E-state index in [1.54, 1.807) is 6.07 Å². The molecular weight excluding hydrogens is 305 g/mol. The molecule has 3 heteroatoms. The normalized spacial score (nSPS) is 14.4. The van der Waals surface area contributed by atoms with Crippen molar-refractivity contribution >= 4 is 15.9 Å². The maximum absolute atomic E-state index is 14.0. The minimum atomic E-state index is -0.104. The van der Waals surface area contributed by atoms with E-state index in [9.17, 15) is 4.39 Å². The van der Waals surface area contributed by atoms with E-state index in [-0.39, 0.29) is 11.2 Å². The van der Waals surface area contributed by atoms with Gasteiger partial charge < -0.3 is 5.32 Å². The number of nitrogens with one attached hydrogen (secondary N) is 1. The fourth-order valence-corrected chi connectivity index (χ4v) is 2.87. The Hall–Kier alpha value is -0.410. The molecule has 1 aromatic carbocycles. The Balaban J connectivity index is 2.75. The molecule has 0 aliphatic carbocycles. The van der Waals surface area contributed by atoms with Crippen molar-refractivity contribution in [2.24, 2.45) is 5.41 Å². The van der Waals surface area contributed by atoms with Crippen LogP contribution in [0.1, 0.15) is 45.6 Å². The zero-order chi connectivity index (χ0) is 14.3. The van der Waals surface area contributed by atoms with Crippen LogP contribution in [0, 0.1) is 11.2 Å². The van der Waals surface area contributed by atoms with Gasteiger partial charge in [0.1, 0.15) is 5.82 Å². The summed E-state index contributed by atoms with van der Waals surface area (Å²) in [7, 11) is 0. The predicted molar refractivity (Wildman–Crippen MR) is 84.0 cm³/mol. The highest BCUT2D eigenvalue weighted by molar-refractivity contribution is 9.10. The molecule has 1 nitrogen and oxygen atoms in total. The molecule has 1 rings (SSSR count). The lowest BCUT2D eigenvalue weighted by molar-refractivity contribution is 0.272. The first-order valence-corrected chi connectivity index (χ1v) is 7.94. The van der Waals surface area contributed by atoms with Gasteiger partial charge in [0.2, 0.25) is 0 Å². The molecule has 1 N–H and O–H groups in total. The lowest BCUT2D eigenvalue weighted by Crippen LogP contribution is -2.34. The Morgan fingerprint density at radius 3 is 2.58 bits per heavy atom. The van der Waals surface area contributed by atoms with Crippen LogP contribution < -0.4 is 5.32 Å². The van der Waals surface area contributed by atoms with Crippen LogP contribution in [0.25, 0.3) is 0 Å². The van der Waals surface area contributed by atoms with Crippen LogP contribution in [0.3, 0.4) is 0 Å². The number of halogens is 2. The minimum Gasteiger partial charge on any atom is -0.316 e. The van der Waals surface area contributed by atoms with Crippen molar-refractivity contribution in [2.45, 2.75) is 46.5 Å². The van der Waals surface area contributed by atoms with Crippen molar-refractivity contribution in [2.75, 3.05) is 13.1 Å². The monoisotopic (exact) mass is 329 g/mol. The van der Waals surface area contributed by atoms with Gasteiger partial charge in [-0.05, 0) is 48.9 Å². The van der Waals surface area contributed by atoms with Crippen molar-refractivity contribution in [1.82, 2.24) is 5.32 Å². The summed E-state index contributed by atoms with van der Waals surface area (Å²) in [5.74, 6) is -0.104. The molecule has 108 valence electrons. The summed E-state index contributed by atoms with van der Waals surface area (Å²) in [5, 5.41) is 3.48. The average Bonchev–Trinajstić information content (AvgIpc) is 2.34. The molecule has 0 aliphatic rings. The third-order valence-electron chi connectivity index (χ3n) is 3.46. The molecule has 1 aromatic rings. The maximum atomic E-state index is 14.0. The van der Waals surface area contributed by atoms with Gasteiger partial charge in [0.05, 0.1) is 0 Å². The minimum absolute atomic E-state index is 0.104. The molecule has 0 heterocycles. The Labute approximate surface area is 125 Å². The highest BCUT2D eigenvalue weighted by Gasteiger charge is 2.24. The van der Waals surface area contributed by atoms with E-state index in [1.807, 2.05) is 12.1 Å². The number of benzene rings is 1. The van der Waals surface area contributed by atoms with Crippen LogP contribution >= 0.6 is 15.9 Å². The first kappa shape index (κ1) is 16.6. The largest absolute Gasteiger partial charge is 0.316 e. The topological polar surface area (TPSA) is 12.0 Å². The third-order valence-corrected chi connectivity index (χ3v) is 3.96. The highest BCUT2D eigenvalue weighted by atomic mass is 79.9. The summed E-state index contributed by atoms with van der Waals surface area (Å²) in [6.45, 7) is 8.58. The molecule has 0 radical (unpaired) electrons. The van der Waals surface area contributed by atoms with Crippen molar-refractivity contribution in [3.63, 3.8) is 0 Å². The van der Waals surface area contributed by atoms with E-state index < -0.39 is 0 Å². The van der Waals surface area contributed by atoms with Gasteiger partial charge in [-0.2, -0.15) is 0 Å². The van der Waals surface area contributed by atoms with E-state index in [4.69, 9.17) is 0 Å². The van der Waals surface area contributed by atoms with Gasteiger partial charge >= 0.3 is 0 Å². The van der Waals surface area contributed by atoms with Crippen LogP contribution in [-0.4, -0.2) is 13.1 Å². The van der Waals surface area contributed by atoms with Crippen LogP contribution in [0.15, 0.2) is 22.7 Å². The van der Waals surface area contributed by atoms with Crippen LogP contribution in [0.4, 0.5) is 4.39 Å². The molecule has 1 atom stereocenters. The molecule has 0 saturated heterocycles. The van der Waals surface area contributed by atoms with Gasteiger partial charge in [-0.15, -0.1) is 0 Å². The van der Waals surface area contributed by atoms with E-state index >= 15 is 0 Å². The third kappa shape index (κ3) is 5.62. The lowest BCUT2D eigenvalue weighted by atomic mass is 9.79. The van der Waals surface area contributed by atoms with Gasteiger partial charge in [0.15, 0.2) is 0 Å². The first-order chi connectivity index (χ1) is 9.00. The second-order valence-electron chi connectivity index (χ2n) is 5.65. The first-order valence-electron chi connectivity index (χ1n) is 7.15. The van der Waals surface area contributed by atoms with E-state index in [0.29, 0.717) is 0 Å². The van der Waals surface area contributed by atoms with Gasteiger partial charge in [0.25, 0.3) is 0 Å². The fourth-order valence-electron chi connectivity index (χ4n) is 2.53. The smallest absolute Gasteiger partial charge is 0.127 e. The van der Waals surface area contributed by atoms with Crippen molar-refractivity contribution in [3.05, 3.63) is 34.1 Å². The SMILES string of the molecule is CCCNCC(C)(CCC)Cc1ccc(Br)cc1F. The molecular formula is C16H25BrFN. The Morgan fingerprint density at radius 2 is 2.00 bits per heavy atom. The Bertz CT molecular complexity index is 394. The molecule has 0 aliphatic heterocycles. The maximum Gasteiger partial charge on any atom is 0.127 e. The molecule has 0 spiro atoms. The van der Waals surface area contributed by atoms with E-state index in [2.05, 4.69) is 42.0 Å². The standard InChI is InChI=1S/C16H25BrFN/c1-4-8-16(3,12-19-9-5-2)11-13-6-7-14(17)10-15(13)18/h6-7,10,19H,4-5,8-9,11-12H2,1-3H3. The fraction of sp³-hybridized carbons (Fsp3) is 0.625. The summed E-state index contributed by atoms with van der Waals surface area (Å²) < 4.78 is 14.8. The molecule has 0 aromatic heterocycles. The van der Waals surface area contributed by atoms with Crippen LogP contribution in [0.5, 0.6) is 0 Å². The second-order valence-corrected chi connectivity index (χ2v) is 6.57. The van der Waals surface area contributed by atoms with E-state index in [0.717, 1.165) is 48.8 Å². The van der Waals surface area contributed by atoms with E-state index in [1.165, 1.54) is 0 Å². The van der Waals surface area contributed by atoms with Crippen LogP contribution in [0.2, 0.25) is 0 Å². The van der Waals surface area contributed by atoms with Gasteiger partial charge in [0, 0.05) is 11.0 Å². The van der Waals surface area contributed by atoms with Crippen molar-refractivity contribution in [3.8, 4) is 0 Å². The van der Waals surface area contributed by atoms with Crippen LogP contribution in [-0.2, 0) is 6.42 Å². The molecule has 19 heavy (non-hydrogen) atoms. The molecule has 1 unspecified atom stereocenters. The number of hydrogen-bond acceptors (Lipinski definition) is 1. The predicted octanol–water partition coefficient (Wildman–Crippen LogP) is 4.94. The lowest BCUT2D eigenvalue weighted by Gasteiger charge is -2.30. The quantitative estimate of drug-likeness (QED) is 0.666. The Morgan fingerprint density at radius 1 is 1.26 bits per heavy atom. The van der Waals surface area contributed by atoms with Gasteiger partial charge in [-0.25, -0.2) is 4.39 Å². The average molecular weight is 330 g/mol. The summed E-state index contributed by atoms with van der Waals surface area (Å²) in [6, 6.07) is 5.37. The molecule has 0 bridgehead atoms. The van der Waals surface area contributed by atoms with Crippen molar-refractivity contribution in [1.29, 1.82) is 0 Å².